The number of halogens is 3. The zero-order valence-corrected chi connectivity index (χ0v) is 22.4. The second-order valence-electron chi connectivity index (χ2n) is 9.42. The summed E-state index contributed by atoms with van der Waals surface area (Å²) >= 11 is 6.40. The second kappa shape index (κ2) is 12.7. The smallest absolute Gasteiger partial charge is 0.407 e. The molecule has 0 fully saturated rings. The first-order valence-corrected chi connectivity index (χ1v) is 12.3. The summed E-state index contributed by atoms with van der Waals surface area (Å²) in [4.78, 5) is 12.4. The Kier molecular flexibility index (Phi) is 9.67. The molecular formula is C29H29ClF2N2O4. The molecule has 1 amide bonds. The third-order valence-electron chi connectivity index (χ3n) is 5.57. The molecule has 0 saturated heterocycles. The van der Waals surface area contributed by atoms with Gasteiger partial charge < -0.3 is 19.5 Å². The molecule has 0 spiro atoms. The van der Waals surface area contributed by atoms with Crippen LogP contribution in [-0.2, 0) is 9.47 Å². The van der Waals surface area contributed by atoms with Gasteiger partial charge in [0.05, 0.1) is 23.3 Å². The normalized spacial score (nSPS) is 11.9. The molecule has 0 bridgehead atoms. The van der Waals surface area contributed by atoms with Gasteiger partial charge in [-0.15, -0.1) is 0 Å². The molecule has 3 rings (SSSR count). The highest BCUT2D eigenvalue weighted by Gasteiger charge is 2.28. The predicted octanol–water partition coefficient (Wildman–Crippen LogP) is 6.84. The van der Waals surface area contributed by atoms with Crippen LogP contribution in [0, 0.1) is 23.0 Å². The summed E-state index contributed by atoms with van der Waals surface area (Å²) in [5.41, 5.74) is -0.545. The van der Waals surface area contributed by atoms with Gasteiger partial charge in [-0.25, -0.2) is 13.6 Å². The third kappa shape index (κ3) is 7.00. The van der Waals surface area contributed by atoms with E-state index in [2.05, 4.69) is 5.32 Å². The van der Waals surface area contributed by atoms with E-state index in [9.17, 15) is 10.1 Å². The molecule has 3 aromatic carbocycles. The number of methoxy groups -OCH3 is 1. The van der Waals surface area contributed by atoms with E-state index in [0.29, 0.717) is 5.56 Å². The molecule has 1 atom stereocenters. The highest BCUT2D eigenvalue weighted by Crippen LogP contribution is 2.41. The number of amides is 1. The summed E-state index contributed by atoms with van der Waals surface area (Å²) in [7, 11) is 1.48. The van der Waals surface area contributed by atoms with E-state index in [1.165, 1.54) is 31.4 Å². The van der Waals surface area contributed by atoms with Crippen LogP contribution in [0.15, 0.2) is 54.6 Å². The number of nitriles is 1. The lowest BCUT2D eigenvalue weighted by Gasteiger charge is -2.24. The fourth-order valence-electron chi connectivity index (χ4n) is 3.90. The largest absolute Gasteiger partial charge is 0.488 e. The minimum atomic E-state index is -0.916. The van der Waals surface area contributed by atoms with Gasteiger partial charge in [0.25, 0.3) is 0 Å². The molecule has 0 aliphatic rings. The first-order valence-electron chi connectivity index (χ1n) is 11.9. The summed E-state index contributed by atoms with van der Waals surface area (Å²) in [5, 5.41) is 12.3. The van der Waals surface area contributed by atoms with Crippen LogP contribution >= 0.6 is 11.6 Å². The molecule has 0 heterocycles. The molecule has 0 radical (unpaired) electrons. The Labute approximate surface area is 226 Å². The van der Waals surface area contributed by atoms with E-state index in [1.807, 2.05) is 12.1 Å². The Balaban J connectivity index is 2.12. The minimum absolute atomic E-state index is 0.00925. The molecule has 200 valence electrons. The molecule has 0 aromatic heterocycles. The van der Waals surface area contributed by atoms with Gasteiger partial charge >= 0.3 is 6.09 Å². The Morgan fingerprint density at radius 1 is 1.03 bits per heavy atom. The number of carbonyl (C=O) groups excluding carboxylic acids is 1. The number of nitrogens with zero attached hydrogens (tertiary/aromatic N) is 1. The van der Waals surface area contributed by atoms with E-state index in [0.717, 1.165) is 0 Å². The molecule has 6 nitrogen and oxygen atoms in total. The van der Waals surface area contributed by atoms with E-state index in [4.69, 9.17) is 25.8 Å². The lowest BCUT2D eigenvalue weighted by Crippen LogP contribution is -2.35. The van der Waals surface area contributed by atoms with E-state index >= 15 is 8.78 Å². The SMILES string of the molecule is COCCOc1ccc(C#N)c(-c2c(Cl)ccc(C(CNC(=O)OC(C)(C)C)c3ccccc3)c2F)c1F. The fourth-order valence-corrected chi connectivity index (χ4v) is 4.14. The highest BCUT2D eigenvalue weighted by atomic mass is 35.5. The Morgan fingerprint density at radius 3 is 2.37 bits per heavy atom. The van der Waals surface area contributed by atoms with Crippen LogP contribution in [-0.4, -0.2) is 38.6 Å². The van der Waals surface area contributed by atoms with E-state index < -0.39 is 29.2 Å². The Bertz CT molecular complexity index is 1320. The van der Waals surface area contributed by atoms with Crippen LogP contribution in [0.3, 0.4) is 0 Å². The van der Waals surface area contributed by atoms with Crippen molar-refractivity contribution in [1.29, 1.82) is 5.26 Å². The van der Waals surface area contributed by atoms with Crippen LogP contribution in [0.25, 0.3) is 11.1 Å². The third-order valence-corrected chi connectivity index (χ3v) is 5.88. The van der Waals surface area contributed by atoms with Gasteiger partial charge in [-0.3, -0.25) is 0 Å². The number of carbonyl (C=O) groups is 1. The fraction of sp³-hybridized carbons (Fsp3) is 0.310. The van der Waals surface area contributed by atoms with Crippen molar-refractivity contribution >= 4 is 17.7 Å². The zero-order valence-electron chi connectivity index (χ0n) is 21.6. The van der Waals surface area contributed by atoms with Gasteiger partial charge in [0.15, 0.2) is 11.6 Å². The van der Waals surface area contributed by atoms with Crippen molar-refractivity contribution in [3.8, 4) is 22.9 Å². The first kappa shape index (κ1) is 28.9. The summed E-state index contributed by atoms with van der Waals surface area (Å²) in [6.07, 6.45) is -0.660. The highest BCUT2D eigenvalue weighted by molar-refractivity contribution is 6.33. The number of hydrogen-bond acceptors (Lipinski definition) is 5. The van der Waals surface area contributed by atoms with Crippen molar-refractivity contribution in [3.63, 3.8) is 0 Å². The van der Waals surface area contributed by atoms with Crippen molar-refractivity contribution in [2.24, 2.45) is 0 Å². The summed E-state index contributed by atoms with van der Waals surface area (Å²) in [6.45, 7) is 5.47. The topological polar surface area (TPSA) is 80.6 Å². The Hall–Kier alpha value is -3.67. The van der Waals surface area contributed by atoms with Gasteiger partial charge in [-0.05, 0) is 50.1 Å². The molecule has 3 aromatic rings. The summed E-state index contributed by atoms with van der Waals surface area (Å²) in [5.74, 6) is -2.57. The summed E-state index contributed by atoms with van der Waals surface area (Å²) < 4.78 is 47.7. The molecular weight excluding hydrogens is 514 g/mol. The van der Waals surface area contributed by atoms with Crippen LogP contribution in [0.4, 0.5) is 13.6 Å². The minimum Gasteiger partial charge on any atom is -0.488 e. The molecule has 1 unspecified atom stereocenters. The predicted molar refractivity (Wildman–Crippen MR) is 141 cm³/mol. The van der Waals surface area contributed by atoms with Crippen molar-refractivity contribution in [2.45, 2.75) is 32.3 Å². The van der Waals surface area contributed by atoms with Crippen LogP contribution in [0.1, 0.15) is 43.4 Å². The summed E-state index contributed by atoms with van der Waals surface area (Å²) in [6, 6.07) is 16.5. The maximum Gasteiger partial charge on any atom is 0.407 e. The number of ether oxygens (including phenoxy) is 3. The van der Waals surface area contributed by atoms with E-state index in [-0.39, 0.29) is 52.8 Å². The number of benzene rings is 3. The lowest BCUT2D eigenvalue weighted by molar-refractivity contribution is 0.0526. The number of hydrogen-bond donors (Lipinski definition) is 1. The molecule has 1 N–H and O–H groups in total. The quantitative estimate of drug-likeness (QED) is 0.299. The molecule has 0 aliphatic carbocycles. The molecule has 38 heavy (non-hydrogen) atoms. The number of alkyl carbamates (subject to hydrolysis) is 1. The standard InChI is InChI=1S/C29H29ClF2N2O4/c1-29(2,3)38-28(35)34-17-21(18-8-6-5-7-9-18)20-11-12-22(30)25(26(20)31)24-19(16-33)10-13-23(27(24)32)37-15-14-36-4/h5-13,21H,14-15,17H2,1-4H3,(H,34,35). The number of rotatable bonds is 9. The monoisotopic (exact) mass is 542 g/mol. The van der Waals surface area contributed by atoms with Crippen LogP contribution < -0.4 is 10.1 Å². The van der Waals surface area contributed by atoms with Crippen molar-refractivity contribution in [1.82, 2.24) is 5.32 Å². The van der Waals surface area contributed by atoms with Gasteiger partial charge in [-0.1, -0.05) is 48.0 Å². The lowest BCUT2D eigenvalue weighted by atomic mass is 9.87. The van der Waals surface area contributed by atoms with Gasteiger partial charge in [0, 0.05) is 30.7 Å². The molecule has 9 heteroatoms. The maximum atomic E-state index is 16.3. The average Bonchev–Trinajstić information content (AvgIpc) is 2.87. The van der Waals surface area contributed by atoms with Crippen molar-refractivity contribution < 1.29 is 27.8 Å². The van der Waals surface area contributed by atoms with Gasteiger partial charge in [0.2, 0.25) is 0 Å². The van der Waals surface area contributed by atoms with Gasteiger partial charge in [0.1, 0.15) is 18.0 Å². The second-order valence-corrected chi connectivity index (χ2v) is 9.83. The average molecular weight is 543 g/mol. The number of nitrogens with one attached hydrogen (secondary N) is 1. The van der Waals surface area contributed by atoms with Crippen molar-refractivity contribution in [3.05, 3.63) is 87.9 Å². The Morgan fingerprint density at radius 2 is 1.74 bits per heavy atom. The van der Waals surface area contributed by atoms with Crippen LogP contribution in [0.5, 0.6) is 5.75 Å². The van der Waals surface area contributed by atoms with Gasteiger partial charge in [-0.2, -0.15) is 5.26 Å². The maximum absolute atomic E-state index is 16.3. The van der Waals surface area contributed by atoms with Crippen molar-refractivity contribution in [2.75, 3.05) is 26.9 Å². The van der Waals surface area contributed by atoms with E-state index in [1.54, 1.807) is 45.0 Å². The van der Waals surface area contributed by atoms with Crippen LogP contribution in [0.2, 0.25) is 5.02 Å². The molecule has 0 aliphatic heterocycles. The molecule has 0 saturated carbocycles. The zero-order chi connectivity index (χ0) is 27.9. The first-order chi connectivity index (χ1) is 18.1.